The van der Waals surface area contributed by atoms with E-state index >= 15 is 0 Å². The molecule has 2 N–H and O–H groups in total. The summed E-state index contributed by atoms with van der Waals surface area (Å²) in [5.74, 6) is 0.979. The first kappa shape index (κ1) is 18.5. The quantitative estimate of drug-likeness (QED) is 0.863. The number of nitrogens with zero attached hydrogens (tertiary/aromatic N) is 1. The number of rotatable bonds is 3. The Labute approximate surface area is 131 Å². The van der Waals surface area contributed by atoms with Gasteiger partial charge in [0, 0.05) is 19.6 Å². The van der Waals surface area contributed by atoms with Crippen molar-refractivity contribution in [2.75, 3.05) is 19.6 Å². The Morgan fingerprint density at radius 1 is 1.14 bits per heavy atom. The molecule has 21 heavy (non-hydrogen) atoms. The molecule has 1 rings (SSSR count). The van der Waals surface area contributed by atoms with Crippen LogP contribution in [0, 0.1) is 22.7 Å². The monoisotopic (exact) mass is 296 g/mol. The van der Waals surface area contributed by atoms with Gasteiger partial charge < -0.3 is 10.6 Å². The average molecular weight is 296 g/mol. The predicted octanol–water partition coefficient (Wildman–Crippen LogP) is 3.67. The smallest absolute Gasteiger partial charge is 0.226 e. The zero-order valence-corrected chi connectivity index (χ0v) is 15.0. The Kier molecular flexibility index (Phi) is 6.27. The first-order valence-corrected chi connectivity index (χ1v) is 8.53. The van der Waals surface area contributed by atoms with Crippen molar-refractivity contribution in [2.24, 2.45) is 28.4 Å². The highest BCUT2D eigenvalue weighted by molar-refractivity contribution is 5.79. The second-order valence-corrected chi connectivity index (χ2v) is 9.02. The summed E-state index contributed by atoms with van der Waals surface area (Å²) in [4.78, 5) is 14.8. The molecule has 1 saturated heterocycles. The number of nitrogens with two attached hydrogens (primary N) is 1. The predicted molar refractivity (Wildman–Crippen MR) is 90.0 cm³/mol. The molecule has 3 heteroatoms. The number of carbonyl (C=O) groups is 1. The van der Waals surface area contributed by atoms with Gasteiger partial charge in [0.25, 0.3) is 0 Å². The van der Waals surface area contributed by atoms with Crippen molar-refractivity contribution in [3.05, 3.63) is 0 Å². The normalized spacial score (nSPS) is 22.8. The summed E-state index contributed by atoms with van der Waals surface area (Å²) in [5.41, 5.74) is 6.37. The van der Waals surface area contributed by atoms with Gasteiger partial charge in [0.2, 0.25) is 5.91 Å². The number of carbonyl (C=O) groups excluding carboxylic acids is 1. The van der Waals surface area contributed by atoms with Crippen LogP contribution in [0.2, 0.25) is 0 Å². The fourth-order valence-electron chi connectivity index (χ4n) is 3.45. The fourth-order valence-corrected chi connectivity index (χ4v) is 3.45. The van der Waals surface area contributed by atoms with Crippen LogP contribution in [0.5, 0.6) is 0 Å². The third-order valence-electron chi connectivity index (χ3n) is 4.76. The molecule has 0 aromatic rings. The maximum absolute atomic E-state index is 12.8. The van der Waals surface area contributed by atoms with Gasteiger partial charge in [0.05, 0.1) is 5.92 Å². The lowest BCUT2D eigenvalue weighted by Gasteiger charge is -2.31. The van der Waals surface area contributed by atoms with E-state index in [0.29, 0.717) is 17.9 Å². The average Bonchev–Trinajstić information content (AvgIpc) is 2.59. The van der Waals surface area contributed by atoms with Crippen molar-refractivity contribution in [1.82, 2.24) is 4.90 Å². The number of hydrogen-bond donors (Lipinski definition) is 1. The van der Waals surface area contributed by atoms with Crippen LogP contribution in [0.4, 0.5) is 0 Å². The Balaban J connectivity index is 2.66. The molecule has 1 heterocycles. The van der Waals surface area contributed by atoms with E-state index in [4.69, 9.17) is 5.73 Å². The van der Waals surface area contributed by atoms with E-state index in [1.807, 2.05) is 0 Å². The molecule has 2 atom stereocenters. The summed E-state index contributed by atoms with van der Waals surface area (Å²) in [6.07, 6.45) is 4.36. The minimum Gasteiger partial charge on any atom is -0.342 e. The molecule has 0 aliphatic carbocycles. The highest BCUT2D eigenvalue weighted by Gasteiger charge is 2.31. The van der Waals surface area contributed by atoms with Gasteiger partial charge in [-0.2, -0.15) is 0 Å². The second kappa shape index (κ2) is 7.13. The highest BCUT2D eigenvalue weighted by atomic mass is 16.2. The molecular weight excluding hydrogens is 260 g/mol. The lowest BCUT2D eigenvalue weighted by atomic mass is 9.77. The lowest BCUT2D eigenvalue weighted by molar-refractivity contribution is -0.136. The zero-order chi connectivity index (χ0) is 16.3. The zero-order valence-electron chi connectivity index (χ0n) is 15.0. The van der Waals surface area contributed by atoms with Gasteiger partial charge in [-0.3, -0.25) is 4.79 Å². The topological polar surface area (TPSA) is 46.3 Å². The minimum atomic E-state index is -0.0174. The van der Waals surface area contributed by atoms with Crippen molar-refractivity contribution in [1.29, 1.82) is 0 Å². The van der Waals surface area contributed by atoms with E-state index in [2.05, 4.69) is 46.4 Å². The summed E-state index contributed by atoms with van der Waals surface area (Å²) in [5, 5.41) is 0. The standard InChI is InChI=1S/C18H36N2O/c1-17(2,3)12-14(13-19)16(21)20-10-7-8-15(9-11-20)18(4,5)6/h14-15H,7-13,19H2,1-6H3. The van der Waals surface area contributed by atoms with Crippen molar-refractivity contribution >= 4 is 5.91 Å². The SMILES string of the molecule is CC(C)(C)CC(CN)C(=O)N1CCCC(C(C)(C)C)CC1. The molecule has 3 nitrogen and oxygen atoms in total. The fraction of sp³-hybridized carbons (Fsp3) is 0.944. The third kappa shape index (κ3) is 5.98. The van der Waals surface area contributed by atoms with E-state index in [1.165, 1.54) is 6.42 Å². The molecule has 1 fully saturated rings. The molecule has 1 aliphatic rings. The molecule has 0 aromatic carbocycles. The van der Waals surface area contributed by atoms with Crippen LogP contribution < -0.4 is 5.73 Å². The molecule has 0 radical (unpaired) electrons. The first-order chi connectivity index (χ1) is 9.54. The Bertz CT molecular complexity index is 338. The number of likely N-dealkylation sites (tertiary alicyclic amines) is 1. The Morgan fingerprint density at radius 2 is 1.76 bits per heavy atom. The van der Waals surface area contributed by atoms with Crippen LogP contribution in [0.15, 0.2) is 0 Å². The maximum Gasteiger partial charge on any atom is 0.226 e. The van der Waals surface area contributed by atoms with Gasteiger partial charge in [-0.15, -0.1) is 0 Å². The van der Waals surface area contributed by atoms with E-state index < -0.39 is 0 Å². The summed E-state index contributed by atoms with van der Waals surface area (Å²) in [7, 11) is 0. The van der Waals surface area contributed by atoms with Crippen LogP contribution in [-0.4, -0.2) is 30.4 Å². The molecule has 2 unspecified atom stereocenters. The maximum atomic E-state index is 12.8. The molecule has 124 valence electrons. The van der Waals surface area contributed by atoms with Crippen LogP contribution in [-0.2, 0) is 4.79 Å². The second-order valence-electron chi connectivity index (χ2n) is 9.02. The van der Waals surface area contributed by atoms with Gasteiger partial charge in [-0.1, -0.05) is 41.5 Å². The largest absolute Gasteiger partial charge is 0.342 e. The molecule has 0 bridgehead atoms. The summed E-state index contributed by atoms with van der Waals surface area (Å²) in [6.45, 7) is 15.8. The van der Waals surface area contributed by atoms with Gasteiger partial charge >= 0.3 is 0 Å². The minimum absolute atomic E-state index is 0.0174. The van der Waals surface area contributed by atoms with E-state index in [9.17, 15) is 4.79 Å². The molecule has 1 amide bonds. The van der Waals surface area contributed by atoms with Gasteiger partial charge in [0.1, 0.15) is 0 Å². The Morgan fingerprint density at radius 3 is 2.24 bits per heavy atom. The molecule has 0 spiro atoms. The van der Waals surface area contributed by atoms with Gasteiger partial charge in [-0.25, -0.2) is 0 Å². The van der Waals surface area contributed by atoms with Crippen molar-refractivity contribution < 1.29 is 4.79 Å². The molecule has 0 saturated carbocycles. The lowest BCUT2D eigenvalue weighted by Crippen LogP contribution is -2.41. The van der Waals surface area contributed by atoms with Crippen molar-refractivity contribution in [3.8, 4) is 0 Å². The van der Waals surface area contributed by atoms with Crippen molar-refractivity contribution in [3.63, 3.8) is 0 Å². The first-order valence-electron chi connectivity index (χ1n) is 8.53. The summed E-state index contributed by atoms with van der Waals surface area (Å²) in [6, 6.07) is 0. The highest BCUT2D eigenvalue weighted by Crippen LogP contribution is 2.35. The summed E-state index contributed by atoms with van der Waals surface area (Å²) >= 11 is 0. The van der Waals surface area contributed by atoms with Crippen molar-refractivity contribution in [2.45, 2.75) is 67.2 Å². The Hall–Kier alpha value is -0.570. The number of hydrogen-bond acceptors (Lipinski definition) is 2. The van der Waals surface area contributed by atoms with E-state index in [0.717, 1.165) is 32.4 Å². The molecule has 1 aliphatic heterocycles. The summed E-state index contributed by atoms with van der Waals surface area (Å²) < 4.78 is 0. The molecule has 0 aromatic heterocycles. The van der Waals surface area contributed by atoms with Crippen LogP contribution in [0.25, 0.3) is 0 Å². The van der Waals surface area contributed by atoms with Crippen LogP contribution in [0.1, 0.15) is 67.2 Å². The number of amides is 1. The molecular formula is C18H36N2O. The van der Waals surface area contributed by atoms with Gasteiger partial charge in [0.15, 0.2) is 0 Å². The third-order valence-corrected chi connectivity index (χ3v) is 4.76. The van der Waals surface area contributed by atoms with E-state index in [1.54, 1.807) is 0 Å². The van der Waals surface area contributed by atoms with Gasteiger partial charge in [-0.05, 0) is 42.4 Å². The van der Waals surface area contributed by atoms with E-state index in [-0.39, 0.29) is 17.2 Å². The van der Waals surface area contributed by atoms with Crippen LogP contribution in [0.3, 0.4) is 0 Å². The van der Waals surface area contributed by atoms with Crippen LogP contribution >= 0.6 is 0 Å².